The first-order valence-corrected chi connectivity index (χ1v) is 12.6. The van der Waals surface area contributed by atoms with Crippen molar-refractivity contribution in [1.29, 1.82) is 0 Å². The van der Waals surface area contributed by atoms with Crippen molar-refractivity contribution >= 4 is 28.6 Å². The number of hydrogen-bond acceptors (Lipinski definition) is 1. The summed E-state index contributed by atoms with van der Waals surface area (Å²) in [5.41, 5.74) is 6.94. The Morgan fingerprint density at radius 2 is 1.43 bits per heavy atom. The van der Waals surface area contributed by atoms with E-state index in [0.717, 1.165) is 18.6 Å². The van der Waals surface area contributed by atoms with Crippen LogP contribution in [0.1, 0.15) is 54.4 Å². The zero-order valence-electron chi connectivity index (χ0n) is 18.9. The van der Waals surface area contributed by atoms with Crippen molar-refractivity contribution in [2.45, 2.75) is 54.4 Å². The minimum Gasteiger partial charge on any atom is -0.147 e. The maximum atomic E-state index is 6.89. The van der Waals surface area contributed by atoms with Crippen molar-refractivity contribution in [3.63, 3.8) is 0 Å². The second-order valence-corrected chi connectivity index (χ2v) is 11.0. The third-order valence-corrected chi connectivity index (χ3v) is 11.0. The van der Waals surface area contributed by atoms with Crippen molar-refractivity contribution in [2.75, 3.05) is 0 Å². The van der Waals surface area contributed by atoms with E-state index in [1.165, 1.54) is 27.8 Å². The summed E-state index contributed by atoms with van der Waals surface area (Å²) >= 11 is -2.03. The normalized spacial score (nSPS) is 15.5. The van der Waals surface area contributed by atoms with Crippen LogP contribution in [-0.2, 0) is 17.8 Å². The predicted molar refractivity (Wildman–Crippen MR) is 133 cm³/mol. The molecule has 4 heteroatoms. The van der Waals surface area contributed by atoms with Crippen LogP contribution in [-0.4, -0.2) is 3.81 Å². The van der Waals surface area contributed by atoms with Gasteiger partial charge in [-0.2, -0.15) is 0 Å². The molecule has 0 saturated carbocycles. The Hall–Kier alpha value is -1.12. The number of benzene rings is 2. The van der Waals surface area contributed by atoms with Crippen molar-refractivity contribution in [2.24, 2.45) is 5.92 Å². The van der Waals surface area contributed by atoms with Crippen LogP contribution in [0.4, 0.5) is 0 Å². The fourth-order valence-electron chi connectivity index (χ4n) is 4.11. The first-order valence-electron chi connectivity index (χ1n) is 10.4. The van der Waals surface area contributed by atoms with Gasteiger partial charge < -0.3 is 0 Å². The summed E-state index contributed by atoms with van der Waals surface area (Å²) in [5.74, 6) is 1.53. The van der Waals surface area contributed by atoms with Crippen LogP contribution in [0.5, 0.6) is 5.75 Å². The summed E-state index contributed by atoms with van der Waals surface area (Å²) in [6.45, 7) is 13.8. The molecule has 0 N–H and O–H groups in total. The number of rotatable bonds is 6. The molecule has 1 nitrogen and oxygen atoms in total. The zero-order valence-corrected chi connectivity index (χ0v) is 22.1. The van der Waals surface area contributed by atoms with Gasteiger partial charge in [0, 0.05) is 0 Å². The Bertz CT molecular complexity index is 952. The van der Waals surface area contributed by atoms with Gasteiger partial charge in [0.25, 0.3) is 0 Å². The predicted octanol–water partition coefficient (Wildman–Crippen LogP) is 8.36. The summed E-state index contributed by atoms with van der Waals surface area (Å²) in [7, 11) is 0. The molecular weight excluding hydrogens is 447 g/mol. The molecule has 1 aliphatic rings. The monoisotopic (exact) mass is 480 g/mol. The molecule has 30 heavy (non-hydrogen) atoms. The summed E-state index contributed by atoms with van der Waals surface area (Å²) in [6, 6.07) is 19.2. The van der Waals surface area contributed by atoms with E-state index >= 15 is 0 Å². The van der Waals surface area contributed by atoms with E-state index in [9.17, 15) is 0 Å². The maximum absolute atomic E-state index is 6.89. The van der Waals surface area contributed by atoms with Gasteiger partial charge in [-0.1, -0.05) is 0 Å². The van der Waals surface area contributed by atoms with Crippen molar-refractivity contribution in [3.05, 3.63) is 75.2 Å². The molecule has 1 atom stereocenters. The van der Waals surface area contributed by atoms with E-state index in [1.807, 2.05) is 0 Å². The number of allylic oxidation sites excluding steroid dienone is 4. The van der Waals surface area contributed by atoms with Gasteiger partial charge in [0.2, 0.25) is 0 Å². The minimum atomic E-state index is -2.03. The van der Waals surface area contributed by atoms with Crippen molar-refractivity contribution in [1.82, 2.24) is 0 Å². The molecule has 0 fully saturated rings. The molecular formula is C26H34Cl2OTi. The van der Waals surface area contributed by atoms with Crippen LogP contribution in [0.2, 0.25) is 0 Å². The average molecular weight is 481 g/mol. The average Bonchev–Trinajstić information content (AvgIpc) is 2.92. The minimum absolute atomic E-state index is 0. The fraction of sp³-hybridized carbons (Fsp3) is 0.346. The summed E-state index contributed by atoms with van der Waals surface area (Å²) in [6.07, 6.45) is 2.23. The van der Waals surface area contributed by atoms with Gasteiger partial charge >= 0.3 is 177 Å². The second kappa shape index (κ2) is 12.1. The SMILES string of the molecule is CC[C](CC)=[Ti]([O]c1cccc(-c2ccccc2)c1)[C]1=C(C)C(C)=C(C)C1C.Cl.Cl. The number of hydrogen-bond donors (Lipinski definition) is 0. The van der Waals surface area contributed by atoms with Gasteiger partial charge in [-0.15, -0.1) is 24.8 Å². The zero-order chi connectivity index (χ0) is 20.3. The van der Waals surface area contributed by atoms with E-state index in [0.29, 0.717) is 5.92 Å². The Morgan fingerprint density at radius 1 is 0.833 bits per heavy atom. The molecule has 0 radical (unpaired) electrons. The van der Waals surface area contributed by atoms with Crippen LogP contribution >= 0.6 is 24.8 Å². The second-order valence-electron chi connectivity index (χ2n) is 7.70. The van der Waals surface area contributed by atoms with Crippen molar-refractivity contribution < 1.29 is 21.1 Å². The van der Waals surface area contributed by atoms with Crippen LogP contribution in [0.15, 0.2) is 75.2 Å². The largest absolute Gasteiger partial charge is 0.147 e. The molecule has 0 amide bonds. The van der Waals surface area contributed by atoms with E-state index in [4.69, 9.17) is 3.32 Å². The molecule has 0 aliphatic heterocycles. The molecule has 2 aromatic rings. The van der Waals surface area contributed by atoms with Crippen LogP contribution < -0.4 is 3.32 Å². The summed E-state index contributed by atoms with van der Waals surface area (Å²) in [5, 5.41) is 0. The molecule has 0 bridgehead atoms. The summed E-state index contributed by atoms with van der Waals surface area (Å²) in [4.78, 5) is 0. The summed E-state index contributed by atoms with van der Waals surface area (Å²) < 4.78 is 10.1. The van der Waals surface area contributed by atoms with Gasteiger partial charge in [0.05, 0.1) is 0 Å². The molecule has 3 rings (SSSR count). The standard InChI is InChI=1S/C12H10O.C9H13.C5H10.2ClH.Ti/c13-12-8-4-7-11(9-12)10-5-2-1-3-6-10;1-6-5-7(2)9(4)8(6)3;1-3-5-4-2;;;/h1-9,13H;6H,1-4H3;3-4H2,1-2H3;2*1H;/q;;;;;+1/p-1. The quantitative estimate of drug-likeness (QED) is 0.377. The van der Waals surface area contributed by atoms with Crippen molar-refractivity contribution in [3.8, 4) is 16.9 Å². The molecule has 2 aromatic carbocycles. The molecule has 162 valence electrons. The van der Waals surface area contributed by atoms with Crippen LogP contribution in [0.25, 0.3) is 11.1 Å². The third-order valence-electron chi connectivity index (χ3n) is 6.22. The Labute approximate surface area is 201 Å². The first kappa shape index (κ1) is 26.9. The van der Waals surface area contributed by atoms with E-state index in [-0.39, 0.29) is 24.8 Å². The van der Waals surface area contributed by atoms with E-state index < -0.39 is 17.8 Å². The Kier molecular flexibility index (Phi) is 10.8. The molecule has 1 unspecified atom stereocenters. The van der Waals surface area contributed by atoms with Gasteiger partial charge in [-0.3, -0.25) is 0 Å². The Morgan fingerprint density at radius 3 is 1.97 bits per heavy atom. The molecule has 0 saturated heterocycles. The van der Waals surface area contributed by atoms with Crippen LogP contribution in [0, 0.1) is 5.92 Å². The fourth-order valence-corrected chi connectivity index (χ4v) is 8.44. The molecule has 0 heterocycles. The van der Waals surface area contributed by atoms with Crippen LogP contribution in [0.3, 0.4) is 0 Å². The van der Waals surface area contributed by atoms with Gasteiger partial charge in [0.15, 0.2) is 0 Å². The molecule has 0 aromatic heterocycles. The van der Waals surface area contributed by atoms with E-state index in [2.05, 4.69) is 96.1 Å². The van der Waals surface area contributed by atoms with Gasteiger partial charge in [0.1, 0.15) is 0 Å². The molecule has 0 spiro atoms. The maximum Gasteiger partial charge on any atom is -0.147 e. The first-order chi connectivity index (χ1) is 13.5. The van der Waals surface area contributed by atoms with Gasteiger partial charge in [-0.05, 0) is 0 Å². The number of halogens is 2. The topological polar surface area (TPSA) is 9.23 Å². The Balaban J connectivity index is 0.00000225. The third kappa shape index (κ3) is 5.57. The smallest absolute Gasteiger partial charge is 0.147 e. The van der Waals surface area contributed by atoms with Gasteiger partial charge in [-0.25, -0.2) is 0 Å². The van der Waals surface area contributed by atoms with E-state index in [1.54, 1.807) is 7.69 Å². The molecule has 1 aliphatic carbocycles.